The third kappa shape index (κ3) is 3.35. The van der Waals surface area contributed by atoms with E-state index in [0.717, 1.165) is 59.6 Å². The molecule has 1 aromatic carbocycles. The highest BCUT2D eigenvalue weighted by molar-refractivity contribution is 6.44. The van der Waals surface area contributed by atoms with Gasteiger partial charge in [0.1, 0.15) is 0 Å². The quantitative estimate of drug-likeness (QED) is 0.542. The molecule has 0 N–H and O–H groups in total. The third-order valence-electron chi connectivity index (χ3n) is 5.10. The summed E-state index contributed by atoms with van der Waals surface area (Å²) in [6.45, 7) is 6.20. The van der Waals surface area contributed by atoms with Crippen LogP contribution in [0.15, 0.2) is 18.2 Å². The number of urea groups is 1. The Hall–Kier alpha value is -2.65. The Morgan fingerprint density at radius 3 is 2.26 bits per heavy atom. The molecule has 9 nitrogen and oxygen atoms in total. The summed E-state index contributed by atoms with van der Waals surface area (Å²) in [6.07, 6.45) is 0. The molecule has 2 saturated heterocycles. The first-order chi connectivity index (χ1) is 13.1. The molecule has 0 saturated carbocycles. The summed E-state index contributed by atoms with van der Waals surface area (Å²) in [5.41, 5.74) is 1.15. The fourth-order valence-corrected chi connectivity index (χ4v) is 3.54. The number of nitrogens with zero attached hydrogens (tertiary/aromatic N) is 4. The highest BCUT2D eigenvalue weighted by Crippen LogP contribution is 2.32. The number of rotatable bonds is 5. The molecule has 27 heavy (non-hydrogen) atoms. The fourth-order valence-electron chi connectivity index (χ4n) is 3.54. The van der Waals surface area contributed by atoms with Gasteiger partial charge in [-0.3, -0.25) is 24.3 Å². The molecule has 4 rings (SSSR count). The number of benzene rings is 1. The van der Waals surface area contributed by atoms with Crippen LogP contribution in [-0.2, 0) is 16.1 Å². The van der Waals surface area contributed by atoms with Gasteiger partial charge < -0.3 is 9.47 Å². The molecule has 0 unspecified atom stereocenters. The summed E-state index contributed by atoms with van der Waals surface area (Å²) in [7, 11) is 0. The van der Waals surface area contributed by atoms with Crippen molar-refractivity contribution in [1.29, 1.82) is 0 Å². The van der Waals surface area contributed by atoms with Gasteiger partial charge in [0.05, 0.1) is 6.67 Å². The van der Waals surface area contributed by atoms with Crippen molar-refractivity contribution < 1.29 is 23.9 Å². The molecule has 3 aliphatic rings. The van der Waals surface area contributed by atoms with Crippen LogP contribution < -0.4 is 9.47 Å². The van der Waals surface area contributed by atoms with E-state index >= 15 is 0 Å². The number of carbonyl (C=O) groups is 3. The van der Waals surface area contributed by atoms with Gasteiger partial charge in [-0.25, -0.2) is 9.69 Å². The summed E-state index contributed by atoms with van der Waals surface area (Å²) in [4.78, 5) is 42.4. The van der Waals surface area contributed by atoms with Gasteiger partial charge in [0.25, 0.3) is 0 Å². The van der Waals surface area contributed by atoms with Crippen LogP contribution in [0.25, 0.3) is 0 Å². The number of likely N-dealkylation sites (N-methyl/N-ethyl adjacent to an activating group) is 1. The van der Waals surface area contributed by atoms with Crippen LogP contribution in [0.5, 0.6) is 11.5 Å². The van der Waals surface area contributed by atoms with E-state index in [-0.39, 0.29) is 20.0 Å². The van der Waals surface area contributed by atoms with E-state index in [0.29, 0.717) is 0 Å². The maximum absolute atomic E-state index is 12.2. The van der Waals surface area contributed by atoms with E-state index < -0.39 is 17.8 Å². The van der Waals surface area contributed by atoms with Gasteiger partial charge in [-0.15, -0.1) is 0 Å². The summed E-state index contributed by atoms with van der Waals surface area (Å²) in [5, 5.41) is 0. The minimum Gasteiger partial charge on any atom is -0.454 e. The molecule has 0 aromatic heterocycles. The lowest BCUT2D eigenvalue weighted by atomic mass is 10.1. The monoisotopic (exact) mass is 374 g/mol. The fraction of sp³-hybridized carbons (Fsp3) is 0.500. The number of carbonyl (C=O) groups excluding carboxylic acids is 3. The number of ether oxygens (including phenoxy) is 2. The maximum atomic E-state index is 12.2. The van der Waals surface area contributed by atoms with Crippen molar-refractivity contribution in [2.24, 2.45) is 0 Å². The zero-order valence-electron chi connectivity index (χ0n) is 15.2. The van der Waals surface area contributed by atoms with Crippen molar-refractivity contribution in [3.63, 3.8) is 0 Å². The van der Waals surface area contributed by atoms with Crippen LogP contribution >= 0.6 is 0 Å². The number of imide groups is 2. The van der Waals surface area contributed by atoms with E-state index in [1.165, 1.54) is 0 Å². The molecule has 4 amide bonds. The summed E-state index contributed by atoms with van der Waals surface area (Å²) < 4.78 is 10.7. The van der Waals surface area contributed by atoms with Crippen LogP contribution in [0.1, 0.15) is 12.5 Å². The molecule has 0 spiro atoms. The summed E-state index contributed by atoms with van der Waals surface area (Å²) in [6, 6.07) is 5.44. The normalized spacial score (nSPS) is 20.9. The van der Waals surface area contributed by atoms with Crippen LogP contribution in [0.3, 0.4) is 0 Å². The Labute approximate surface area is 157 Å². The van der Waals surface area contributed by atoms with Crippen molar-refractivity contribution in [3.8, 4) is 11.5 Å². The Morgan fingerprint density at radius 2 is 1.56 bits per heavy atom. The smallest absolute Gasteiger partial charge is 0.335 e. The second kappa shape index (κ2) is 7.16. The zero-order chi connectivity index (χ0) is 19.0. The number of hydrogen-bond donors (Lipinski definition) is 0. The van der Waals surface area contributed by atoms with E-state index in [9.17, 15) is 14.4 Å². The minimum absolute atomic E-state index is 0.164. The lowest BCUT2D eigenvalue weighted by Gasteiger charge is -2.35. The Balaban J connectivity index is 1.30. The van der Waals surface area contributed by atoms with Crippen molar-refractivity contribution in [1.82, 2.24) is 19.6 Å². The molecule has 144 valence electrons. The summed E-state index contributed by atoms with van der Waals surface area (Å²) in [5.74, 6) is 0.0927. The highest BCUT2D eigenvalue weighted by Gasteiger charge is 2.44. The van der Waals surface area contributed by atoms with Crippen molar-refractivity contribution >= 4 is 17.8 Å². The Kier molecular flexibility index (Phi) is 4.71. The molecule has 9 heteroatoms. The number of piperazine rings is 1. The van der Waals surface area contributed by atoms with Gasteiger partial charge >= 0.3 is 17.8 Å². The second-order valence-electron chi connectivity index (χ2n) is 6.79. The van der Waals surface area contributed by atoms with Crippen LogP contribution in [0.4, 0.5) is 4.79 Å². The Morgan fingerprint density at radius 1 is 0.889 bits per heavy atom. The zero-order valence-corrected chi connectivity index (χ0v) is 15.2. The average molecular weight is 374 g/mol. The summed E-state index contributed by atoms with van der Waals surface area (Å²) >= 11 is 0. The first-order valence-electron chi connectivity index (χ1n) is 9.07. The largest absolute Gasteiger partial charge is 0.454 e. The molecule has 1 aromatic rings. The predicted octanol–water partition coefficient (Wildman–Crippen LogP) is 0.301. The maximum Gasteiger partial charge on any atom is 0.335 e. The lowest BCUT2D eigenvalue weighted by molar-refractivity contribution is -0.144. The van der Waals surface area contributed by atoms with Gasteiger partial charge in [-0.1, -0.05) is 6.07 Å². The van der Waals surface area contributed by atoms with Crippen molar-refractivity contribution in [3.05, 3.63) is 23.8 Å². The Bertz CT molecular complexity index is 775. The minimum atomic E-state index is -0.732. The molecular formula is C18H22N4O5. The molecule has 0 atom stereocenters. The van der Waals surface area contributed by atoms with Gasteiger partial charge in [-0.2, -0.15) is 0 Å². The van der Waals surface area contributed by atoms with E-state index in [1.54, 1.807) is 6.92 Å². The predicted molar refractivity (Wildman–Crippen MR) is 93.9 cm³/mol. The standard InChI is InChI=1S/C18H22N4O5/c1-2-21-16(23)17(24)22(18(21)25)11-20-7-5-19(6-8-20)10-13-3-4-14-15(9-13)27-12-26-14/h3-4,9H,2,5-8,10-12H2,1H3. The van der Waals surface area contributed by atoms with Gasteiger partial charge in [0.15, 0.2) is 11.5 Å². The van der Waals surface area contributed by atoms with Gasteiger partial charge in [-0.05, 0) is 24.6 Å². The lowest BCUT2D eigenvalue weighted by Crippen LogP contribution is -2.51. The topological polar surface area (TPSA) is 82.6 Å². The van der Waals surface area contributed by atoms with Gasteiger partial charge in [0.2, 0.25) is 6.79 Å². The molecule has 0 bridgehead atoms. The molecule has 3 aliphatic heterocycles. The number of fused-ring (bicyclic) bond motifs is 1. The van der Waals surface area contributed by atoms with Crippen molar-refractivity contribution in [2.45, 2.75) is 13.5 Å². The number of amides is 4. The molecule has 0 aliphatic carbocycles. The van der Waals surface area contributed by atoms with E-state index in [2.05, 4.69) is 4.90 Å². The highest BCUT2D eigenvalue weighted by atomic mass is 16.7. The molecule has 2 fully saturated rings. The van der Waals surface area contributed by atoms with Crippen LogP contribution in [-0.4, -0.2) is 83.6 Å². The SMILES string of the molecule is CCN1C(=O)C(=O)N(CN2CCN(Cc3ccc4c(c3)OCO4)CC2)C1=O. The first-order valence-corrected chi connectivity index (χ1v) is 9.07. The average Bonchev–Trinajstić information content (AvgIpc) is 3.21. The number of hydrogen-bond acceptors (Lipinski definition) is 7. The first kappa shape index (κ1) is 17.7. The molecule has 3 heterocycles. The molecule has 0 radical (unpaired) electrons. The van der Waals surface area contributed by atoms with Crippen LogP contribution in [0, 0.1) is 0 Å². The van der Waals surface area contributed by atoms with Crippen LogP contribution in [0.2, 0.25) is 0 Å². The molecular weight excluding hydrogens is 352 g/mol. The van der Waals surface area contributed by atoms with E-state index in [4.69, 9.17) is 9.47 Å². The van der Waals surface area contributed by atoms with Gasteiger partial charge in [0, 0.05) is 39.3 Å². The second-order valence-corrected chi connectivity index (χ2v) is 6.79. The third-order valence-corrected chi connectivity index (χ3v) is 5.10. The van der Waals surface area contributed by atoms with E-state index in [1.807, 2.05) is 23.1 Å². The van der Waals surface area contributed by atoms with Crippen molar-refractivity contribution in [2.75, 3.05) is 46.2 Å².